The van der Waals surface area contributed by atoms with Crippen molar-refractivity contribution in [3.05, 3.63) is 35.4 Å². The van der Waals surface area contributed by atoms with Gasteiger partial charge in [-0.1, -0.05) is 36.8 Å². The molecule has 2 N–H and O–H groups in total. The fraction of sp³-hybridized carbons (Fsp3) is 0.500. The number of benzene rings is 1. The van der Waals surface area contributed by atoms with E-state index in [1.54, 1.807) is 7.05 Å². The zero-order chi connectivity index (χ0) is 14.3. The molecule has 114 valence electrons. The van der Waals surface area contributed by atoms with E-state index in [1.807, 2.05) is 6.92 Å². The molecule has 0 bridgehead atoms. The van der Waals surface area contributed by atoms with Gasteiger partial charge in [0.1, 0.15) is 0 Å². The molecule has 0 amide bonds. The van der Waals surface area contributed by atoms with Crippen molar-refractivity contribution in [1.29, 1.82) is 0 Å². The summed E-state index contributed by atoms with van der Waals surface area (Å²) in [5.74, 6) is 0.685. The molecule has 6 heteroatoms. The van der Waals surface area contributed by atoms with E-state index in [0.29, 0.717) is 12.5 Å². The quantitative estimate of drug-likeness (QED) is 0.455. The van der Waals surface area contributed by atoms with Crippen LogP contribution >= 0.6 is 24.0 Å². The van der Waals surface area contributed by atoms with E-state index >= 15 is 0 Å². The third-order valence-electron chi connectivity index (χ3n) is 2.87. The summed E-state index contributed by atoms with van der Waals surface area (Å²) < 4.78 is 24.2. The van der Waals surface area contributed by atoms with Crippen LogP contribution in [0.15, 0.2) is 29.3 Å². The number of nitrogens with one attached hydrogen (secondary N) is 2. The van der Waals surface area contributed by atoms with Crippen LogP contribution in [0, 0.1) is 6.92 Å². The number of nitrogens with zero attached hydrogens (tertiary/aromatic N) is 1. The molecule has 0 radical (unpaired) electrons. The largest absolute Gasteiger partial charge is 0.356 e. The smallest absolute Gasteiger partial charge is 0.255 e. The van der Waals surface area contributed by atoms with Gasteiger partial charge in [0.05, 0.1) is 6.54 Å². The van der Waals surface area contributed by atoms with Crippen molar-refractivity contribution in [1.82, 2.24) is 10.6 Å². The predicted octanol–water partition coefficient (Wildman–Crippen LogP) is 3.15. The Balaban J connectivity index is 0.00000361. The number of hydrogen-bond acceptors (Lipinski definition) is 1. The van der Waals surface area contributed by atoms with E-state index in [1.165, 1.54) is 11.1 Å². The van der Waals surface area contributed by atoms with Gasteiger partial charge < -0.3 is 10.6 Å². The molecule has 0 aliphatic rings. The maximum absolute atomic E-state index is 12.1. The van der Waals surface area contributed by atoms with Gasteiger partial charge in [-0.3, -0.25) is 4.99 Å². The van der Waals surface area contributed by atoms with Crippen molar-refractivity contribution < 1.29 is 8.78 Å². The Labute approximate surface area is 136 Å². The Morgan fingerprint density at radius 3 is 2.20 bits per heavy atom. The lowest BCUT2D eigenvalue weighted by molar-refractivity contribution is 0.152. The third kappa shape index (κ3) is 7.02. The fourth-order valence-electron chi connectivity index (χ4n) is 1.66. The Morgan fingerprint density at radius 1 is 1.15 bits per heavy atom. The van der Waals surface area contributed by atoms with Gasteiger partial charge in [-0.25, -0.2) is 8.78 Å². The Bertz CT molecular complexity index is 407. The van der Waals surface area contributed by atoms with E-state index < -0.39 is 13.0 Å². The lowest BCUT2D eigenvalue weighted by atomic mass is 10.0. The first kappa shape index (κ1) is 19.1. The summed E-state index contributed by atoms with van der Waals surface area (Å²) in [6.45, 7) is 4.38. The highest BCUT2D eigenvalue weighted by Gasteiger charge is 2.08. The summed E-state index contributed by atoms with van der Waals surface area (Å²) in [6, 6.07) is 8.29. The van der Waals surface area contributed by atoms with E-state index in [9.17, 15) is 8.78 Å². The molecule has 1 atom stereocenters. The van der Waals surface area contributed by atoms with Crippen LogP contribution in [0.5, 0.6) is 0 Å². The van der Waals surface area contributed by atoms with Gasteiger partial charge in [-0.15, -0.1) is 24.0 Å². The minimum Gasteiger partial charge on any atom is -0.356 e. The van der Waals surface area contributed by atoms with Gasteiger partial charge in [0.2, 0.25) is 0 Å². The molecule has 0 aliphatic carbocycles. The van der Waals surface area contributed by atoms with Crippen LogP contribution in [0.4, 0.5) is 8.78 Å². The van der Waals surface area contributed by atoms with Gasteiger partial charge in [0, 0.05) is 13.6 Å². The number of rotatable bonds is 5. The van der Waals surface area contributed by atoms with E-state index in [2.05, 4.69) is 46.8 Å². The Kier molecular flexibility index (Phi) is 9.45. The zero-order valence-corrected chi connectivity index (χ0v) is 14.3. The molecule has 0 saturated heterocycles. The summed E-state index contributed by atoms with van der Waals surface area (Å²) in [7, 11) is 1.57. The topological polar surface area (TPSA) is 36.4 Å². The summed E-state index contributed by atoms with van der Waals surface area (Å²) in [5, 5.41) is 5.62. The Morgan fingerprint density at radius 2 is 1.70 bits per heavy atom. The Hall–Kier alpha value is -0.920. The molecule has 1 aromatic carbocycles. The van der Waals surface area contributed by atoms with Crippen molar-refractivity contribution in [3.8, 4) is 0 Å². The van der Waals surface area contributed by atoms with Crippen molar-refractivity contribution in [2.45, 2.75) is 26.2 Å². The van der Waals surface area contributed by atoms with E-state index in [0.717, 1.165) is 0 Å². The molecule has 0 fully saturated rings. The minimum atomic E-state index is -2.38. The average Bonchev–Trinajstić information content (AvgIpc) is 2.39. The van der Waals surface area contributed by atoms with Crippen molar-refractivity contribution in [2.24, 2.45) is 4.99 Å². The lowest BCUT2D eigenvalue weighted by Gasteiger charge is -2.16. The molecule has 1 rings (SSSR count). The number of alkyl halides is 2. The van der Waals surface area contributed by atoms with Gasteiger partial charge in [-0.2, -0.15) is 0 Å². The number of halogens is 3. The molecule has 20 heavy (non-hydrogen) atoms. The van der Waals surface area contributed by atoms with E-state index in [-0.39, 0.29) is 29.9 Å². The number of aliphatic imine (C=N–C) groups is 1. The highest BCUT2D eigenvalue weighted by molar-refractivity contribution is 14.0. The molecular formula is C14H22F2IN3. The molecule has 0 spiro atoms. The minimum absolute atomic E-state index is 0. The predicted molar refractivity (Wildman–Crippen MR) is 90.4 cm³/mol. The zero-order valence-electron chi connectivity index (χ0n) is 12.0. The van der Waals surface area contributed by atoms with Crippen LogP contribution in [0.2, 0.25) is 0 Å². The normalized spacial score (nSPS) is 12.8. The van der Waals surface area contributed by atoms with Crippen molar-refractivity contribution >= 4 is 29.9 Å². The van der Waals surface area contributed by atoms with E-state index in [4.69, 9.17) is 0 Å². The molecule has 0 saturated carbocycles. The molecule has 3 nitrogen and oxygen atoms in total. The monoisotopic (exact) mass is 397 g/mol. The van der Waals surface area contributed by atoms with Crippen LogP contribution in [-0.4, -0.2) is 32.5 Å². The molecule has 1 aromatic rings. The van der Waals surface area contributed by atoms with Crippen LogP contribution in [-0.2, 0) is 0 Å². The summed E-state index contributed by atoms with van der Waals surface area (Å²) in [6.07, 6.45) is -2.38. The summed E-state index contributed by atoms with van der Waals surface area (Å²) in [5.41, 5.74) is 2.43. The van der Waals surface area contributed by atoms with Crippen LogP contribution < -0.4 is 10.6 Å². The maximum Gasteiger partial charge on any atom is 0.255 e. The molecule has 0 heterocycles. The molecule has 1 unspecified atom stereocenters. The SMILES string of the molecule is CN=C(NCC(F)F)NCC(C)c1ccc(C)cc1.I. The van der Waals surface area contributed by atoms with Gasteiger partial charge >= 0.3 is 0 Å². The second-order valence-electron chi connectivity index (χ2n) is 4.54. The number of aryl methyl sites for hydroxylation is 1. The van der Waals surface area contributed by atoms with Gasteiger partial charge in [0.15, 0.2) is 5.96 Å². The van der Waals surface area contributed by atoms with Crippen molar-refractivity contribution in [3.63, 3.8) is 0 Å². The van der Waals surface area contributed by atoms with Crippen LogP contribution in [0.25, 0.3) is 0 Å². The lowest BCUT2D eigenvalue weighted by Crippen LogP contribution is -2.41. The van der Waals surface area contributed by atoms with Crippen LogP contribution in [0.1, 0.15) is 24.0 Å². The highest BCUT2D eigenvalue weighted by Crippen LogP contribution is 2.14. The second kappa shape index (κ2) is 9.90. The standard InChI is InChI=1S/C14H21F2N3.HI/c1-10-4-6-12(7-5-10)11(2)8-18-14(17-3)19-9-13(15)16;/h4-7,11,13H,8-9H2,1-3H3,(H2,17,18,19);1H. The first-order valence-electron chi connectivity index (χ1n) is 6.32. The molecule has 0 aromatic heterocycles. The van der Waals surface area contributed by atoms with Crippen LogP contribution in [0.3, 0.4) is 0 Å². The first-order chi connectivity index (χ1) is 9.02. The third-order valence-corrected chi connectivity index (χ3v) is 2.87. The molecule has 0 aliphatic heterocycles. The summed E-state index contributed by atoms with van der Waals surface area (Å²) in [4.78, 5) is 3.90. The molecular weight excluding hydrogens is 375 g/mol. The number of hydrogen-bond donors (Lipinski definition) is 2. The van der Waals surface area contributed by atoms with Gasteiger partial charge in [-0.05, 0) is 18.4 Å². The second-order valence-corrected chi connectivity index (χ2v) is 4.54. The van der Waals surface area contributed by atoms with Gasteiger partial charge in [0.25, 0.3) is 6.43 Å². The fourth-order valence-corrected chi connectivity index (χ4v) is 1.66. The number of guanidine groups is 1. The average molecular weight is 397 g/mol. The highest BCUT2D eigenvalue weighted by atomic mass is 127. The first-order valence-corrected chi connectivity index (χ1v) is 6.32. The van der Waals surface area contributed by atoms with Crippen molar-refractivity contribution in [2.75, 3.05) is 20.1 Å². The summed E-state index contributed by atoms with van der Waals surface area (Å²) >= 11 is 0. The maximum atomic E-state index is 12.1.